The number of hydrogen-bond acceptors (Lipinski definition) is 5. The molecule has 1 aliphatic heterocycles. The fourth-order valence-electron chi connectivity index (χ4n) is 2.02. The third-order valence-corrected chi connectivity index (χ3v) is 3.92. The largest absolute Gasteiger partial charge is 0.369 e. The molecular formula is C12H11ClN4S. The molecule has 2 N–H and O–H groups in total. The normalized spacial score (nSPS) is 19.1. The number of nitrogens with zero attached hydrogens (tertiary/aromatic N) is 3. The predicted molar refractivity (Wildman–Crippen MR) is 75.3 cm³/mol. The van der Waals surface area contributed by atoms with Crippen LogP contribution in [0.5, 0.6) is 0 Å². The molecule has 0 radical (unpaired) electrons. The van der Waals surface area contributed by atoms with Crippen LogP contribution in [0.4, 0.5) is 5.69 Å². The summed E-state index contributed by atoms with van der Waals surface area (Å²) in [5, 5.41) is 3.66. The van der Waals surface area contributed by atoms with Gasteiger partial charge < -0.3 is 10.6 Å². The Kier molecular flexibility index (Phi) is 2.93. The summed E-state index contributed by atoms with van der Waals surface area (Å²) in [4.78, 5) is 10.6. The lowest BCUT2D eigenvalue weighted by Gasteiger charge is -2.24. The van der Waals surface area contributed by atoms with Crippen molar-refractivity contribution >= 4 is 34.6 Å². The second kappa shape index (κ2) is 4.59. The van der Waals surface area contributed by atoms with E-state index >= 15 is 0 Å². The molecule has 1 unspecified atom stereocenters. The van der Waals surface area contributed by atoms with Gasteiger partial charge in [-0.2, -0.15) is 0 Å². The van der Waals surface area contributed by atoms with E-state index in [1.165, 1.54) is 0 Å². The summed E-state index contributed by atoms with van der Waals surface area (Å²) < 4.78 is 0. The standard InChI is InChI=1S/C12H11ClN4S/c13-8-2-1-3-9(6-8)17-10(7-16-12(17)14)11-15-4-5-18-11/h1-6,10H,7H2,(H2,14,16). The lowest BCUT2D eigenvalue weighted by Crippen LogP contribution is -2.36. The Labute approximate surface area is 114 Å². The molecule has 1 aliphatic rings. The molecule has 92 valence electrons. The molecule has 18 heavy (non-hydrogen) atoms. The van der Waals surface area contributed by atoms with Gasteiger partial charge in [-0.25, -0.2) is 4.98 Å². The van der Waals surface area contributed by atoms with Gasteiger partial charge in [-0.1, -0.05) is 17.7 Å². The zero-order valence-corrected chi connectivity index (χ0v) is 11.0. The van der Waals surface area contributed by atoms with Crippen LogP contribution < -0.4 is 10.6 Å². The van der Waals surface area contributed by atoms with Gasteiger partial charge in [0.25, 0.3) is 0 Å². The molecule has 0 bridgehead atoms. The van der Waals surface area contributed by atoms with Crippen LogP contribution in [-0.4, -0.2) is 17.5 Å². The molecule has 6 heteroatoms. The Bertz CT molecular complexity index is 582. The van der Waals surface area contributed by atoms with Crippen molar-refractivity contribution in [1.29, 1.82) is 0 Å². The fraction of sp³-hybridized carbons (Fsp3) is 0.167. The number of aromatic nitrogens is 1. The molecule has 3 rings (SSSR count). The van der Waals surface area contributed by atoms with Crippen LogP contribution in [0.2, 0.25) is 5.02 Å². The first-order valence-electron chi connectivity index (χ1n) is 5.50. The third kappa shape index (κ3) is 1.95. The fourth-order valence-corrected chi connectivity index (χ4v) is 2.93. The summed E-state index contributed by atoms with van der Waals surface area (Å²) in [7, 11) is 0. The number of guanidine groups is 1. The van der Waals surface area contributed by atoms with Gasteiger partial charge in [-0.05, 0) is 18.2 Å². The molecule has 0 saturated heterocycles. The highest BCUT2D eigenvalue weighted by Gasteiger charge is 2.30. The molecule has 2 heterocycles. The Balaban J connectivity index is 1.99. The first kappa shape index (κ1) is 11.5. The number of aliphatic imine (C=N–C) groups is 1. The molecule has 1 aromatic carbocycles. The second-order valence-electron chi connectivity index (χ2n) is 3.93. The van der Waals surface area contributed by atoms with E-state index in [0.717, 1.165) is 10.7 Å². The molecule has 1 atom stereocenters. The Morgan fingerprint density at radius 2 is 2.33 bits per heavy atom. The van der Waals surface area contributed by atoms with Crippen LogP contribution >= 0.6 is 22.9 Å². The van der Waals surface area contributed by atoms with E-state index in [2.05, 4.69) is 9.98 Å². The second-order valence-corrected chi connectivity index (χ2v) is 5.30. The van der Waals surface area contributed by atoms with E-state index < -0.39 is 0 Å². The molecule has 0 aliphatic carbocycles. The highest BCUT2D eigenvalue weighted by atomic mass is 35.5. The van der Waals surface area contributed by atoms with Crippen molar-refractivity contribution in [2.45, 2.75) is 6.04 Å². The number of anilines is 1. The molecule has 0 spiro atoms. The minimum Gasteiger partial charge on any atom is -0.369 e. The van der Waals surface area contributed by atoms with Gasteiger partial charge in [0.05, 0.1) is 6.54 Å². The minimum absolute atomic E-state index is 0.0727. The monoisotopic (exact) mass is 278 g/mol. The first-order chi connectivity index (χ1) is 8.75. The van der Waals surface area contributed by atoms with Crippen LogP contribution in [0.1, 0.15) is 11.0 Å². The first-order valence-corrected chi connectivity index (χ1v) is 6.75. The average molecular weight is 279 g/mol. The lowest BCUT2D eigenvalue weighted by atomic mass is 10.2. The van der Waals surface area contributed by atoms with Gasteiger partial charge in [-0.15, -0.1) is 11.3 Å². The molecule has 1 aromatic heterocycles. The summed E-state index contributed by atoms with van der Waals surface area (Å²) in [6.45, 7) is 0.631. The highest BCUT2D eigenvalue weighted by Crippen LogP contribution is 2.32. The maximum absolute atomic E-state index is 6.02. The lowest BCUT2D eigenvalue weighted by molar-refractivity contribution is 0.760. The highest BCUT2D eigenvalue weighted by molar-refractivity contribution is 7.09. The molecular weight excluding hydrogens is 268 g/mol. The number of benzene rings is 1. The van der Waals surface area contributed by atoms with E-state index in [4.69, 9.17) is 17.3 Å². The molecule has 2 aromatic rings. The van der Waals surface area contributed by atoms with Crippen LogP contribution in [0, 0.1) is 0 Å². The number of nitrogens with two attached hydrogens (primary N) is 1. The SMILES string of the molecule is NC1=NCC(c2nccs2)N1c1cccc(Cl)c1. The van der Waals surface area contributed by atoms with Gasteiger partial charge in [0.1, 0.15) is 11.0 Å². The number of halogens is 1. The van der Waals surface area contributed by atoms with E-state index in [1.807, 2.05) is 34.5 Å². The number of thiazole rings is 1. The summed E-state index contributed by atoms with van der Waals surface area (Å²) in [6, 6.07) is 7.67. The van der Waals surface area contributed by atoms with E-state index in [0.29, 0.717) is 17.5 Å². The molecule has 4 nitrogen and oxygen atoms in total. The van der Waals surface area contributed by atoms with Crippen molar-refractivity contribution in [3.8, 4) is 0 Å². The minimum atomic E-state index is 0.0727. The van der Waals surface area contributed by atoms with E-state index in [1.54, 1.807) is 17.5 Å². The predicted octanol–water partition coefficient (Wildman–Crippen LogP) is 2.67. The van der Waals surface area contributed by atoms with Gasteiger partial charge in [0.2, 0.25) is 0 Å². The van der Waals surface area contributed by atoms with E-state index in [9.17, 15) is 0 Å². The van der Waals surface area contributed by atoms with Gasteiger partial charge in [0.15, 0.2) is 5.96 Å². The van der Waals surface area contributed by atoms with Crippen LogP contribution in [0.25, 0.3) is 0 Å². The third-order valence-electron chi connectivity index (χ3n) is 2.81. The summed E-state index contributed by atoms with van der Waals surface area (Å²) in [6.07, 6.45) is 1.80. The van der Waals surface area contributed by atoms with Crippen molar-refractivity contribution in [3.05, 3.63) is 45.9 Å². The summed E-state index contributed by atoms with van der Waals surface area (Å²) in [5.41, 5.74) is 6.91. The smallest absolute Gasteiger partial charge is 0.196 e. The van der Waals surface area contributed by atoms with Crippen molar-refractivity contribution < 1.29 is 0 Å². The summed E-state index contributed by atoms with van der Waals surface area (Å²) >= 11 is 7.63. The van der Waals surface area contributed by atoms with Gasteiger partial charge in [0, 0.05) is 22.3 Å². The van der Waals surface area contributed by atoms with Crippen LogP contribution in [-0.2, 0) is 0 Å². The van der Waals surface area contributed by atoms with Crippen molar-refractivity contribution in [2.75, 3.05) is 11.4 Å². The van der Waals surface area contributed by atoms with Crippen molar-refractivity contribution in [1.82, 2.24) is 4.98 Å². The maximum Gasteiger partial charge on any atom is 0.196 e. The molecule has 0 amide bonds. The van der Waals surface area contributed by atoms with Crippen molar-refractivity contribution in [2.24, 2.45) is 10.7 Å². The van der Waals surface area contributed by atoms with E-state index in [-0.39, 0.29) is 6.04 Å². The molecule has 0 saturated carbocycles. The average Bonchev–Trinajstić information content (AvgIpc) is 2.97. The van der Waals surface area contributed by atoms with Crippen molar-refractivity contribution in [3.63, 3.8) is 0 Å². The molecule has 0 fully saturated rings. The zero-order chi connectivity index (χ0) is 12.5. The topological polar surface area (TPSA) is 54.5 Å². The Morgan fingerprint density at radius 3 is 3.06 bits per heavy atom. The maximum atomic E-state index is 6.02. The van der Waals surface area contributed by atoms with Gasteiger partial charge in [-0.3, -0.25) is 4.99 Å². The van der Waals surface area contributed by atoms with Crippen LogP contribution in [0.15, 0.2) is 40.8 Å². The Morgan fingerprint density at radius 1 is 1.44 bits per heavy atom. The number of rotatable bonds is 2. The zero-order valence-electron chi connectivity index (χ0n) is 9.45. The Hall–Kier alpha value is -1.59. The summed E-state index contributed by atoms with van der Waals surface area (Å²) in [5.74, 6) is 0.512. The van der Waals surface area contributed by atoms with Crippen LogP contribution in [0.3, 0.4) is 0 Å². The number of hydrogen-bond donors (Lipinski definition) is 1. The quantitative estimate of drug-likeness (QED) is 0.919. The van der Waals surface area contributed by atoms with Gasteiger partial charge >= 0.3 is 0 Å².